The van der Waals surface area contributed by atoms with Gasteiger partial charge in [0.25, 0.3) is 0 Å². The van der Waals surface area contributed by atoms with Crippen LogP contribution in [0.15, 0.2) is 36.7 Å². The van der Waals surface area contributed by atoms with Crippen molar-refractivity contribution >= 4 is 23.4 Å². The predicted octanol–water partition coefficient (Wildman–Crippen LogP) is 1.87. The fourth-order valence-corrected chi connectivity index (χ4v) is 4.00. The number of aryl methyl sites for hydroxylation is 1. The molecule has 134 valence electrons. The number of benzene rings is 1. The maximum absolute atomic E-state index is 12.6. The topological polar surface area (TPSA) is 62.2 Å². The fraction of sp³-hybridized carbons (Fsp3) is 0.444. The maximum atomic E-state index is 12.6. The van der Waals surface area contributed by atoms with Crippen LogP contribution in [0.5, 0.6) is 0 Å². The minimum absolute atomic E-state index is 0.0815. The first-order chi connectivity index (χ1) is 12.2. The lowest BCUT2D eigenvalue weighted by molar-refractivity contribution is -0.118. The smallest absolute Gasteiger partial charge is 0.246 e. The van der Waals surface area contributed by atoms with Gasteiger partial charge in [0.05, 0.1) is 6.20 Å². The van der Waals surface area contributed by atoms with E-state index in [0.717, 1.165) is 30.9 Å². The van der Waals surface area contributed by atoms with Gasteiger partial charge >= 0.3 is 0 Å². The first-order valence-electron chi connectivity index (χ1n) is 8.51. The van der Waals surface area contributed by atoms with Gasteiger partial charge in [-0.2, -0.15) is 16.9 Å². The Balaban J connectivity index is 1.65. The van der Waals surface area contributed by atoms with Gasteiger partial charge in [-0.3, -0.25) is 14.4 Å². The number of rotatable bonds is 6. The highest BCUT2D eigenvalue weighted by Gasteiger charge is 2.20. The summed E-state index contributed by atoms with van der Waals surface area (Å²) in [7, 11) is 3.62. The zero-order valence-corrected chi connectivity index (χ0v) is 15.6. The van der Waals surface area contributed by atoms with Crippen LogP contribution in [0.25, 0.3) is 0 Å². The molecule has 3 rings (SSSR count). The number of aromatic nitrogens is 2. The van der Waals surface area contributed by atoms with Crippen molar-refractivity contribution in [3.63, 3.8) is 0 Å². The van der Waals surface area contributed by atoms with Crippen molar-refractivity contribution in [2.24, 2.45) is 7.05 Å². The Labute approximate surface area is 153 Å². The highest BCUT2D eigenvalue weighted by Crippen LogP contribution is 2.18. The molecular formula is C18H25N5OS. The van der Waals surface area contributed by atoms with E-state index in [9.17, 15) is 4.79 Å². The second-order valence-electron chi connectivity index (χ2n) is 6.25. The van der Waals surface area contributed by atoms with Crippen molar-refractivity contribution in [2.75, 3.05) is 37.0 Å². The lowest BCUT2D eigenvalue weighted by atomic mass is 10.1. The Bertz CT molecular complexity index is 711. The van der Waals surface area contributed by atoms with Crippen LogP contribution < -0.4 is 10.6 Å². The third-order valence-corrected chi connectivity index (χ3v) is 5.26. The summed E-state index contributed by atoms with van der Waals surface area (Å²) in [5.41, 5.74) is 2.91. The fourth-order valence-electron chi connectivity index (χ4n) is 3.02. The summed E-state index contributed by atoms with van der Waals surface area (Å²) >= 11 is 2.01. The van der Waals surface area contributed by atoms with Crippen LogP contribution in [-0.4, -0.2) is 52.2 Å². The van der Waals surface area contributed by atoms with Crippen molar-refractivity contribution in [2.45, 2.75) is 12.6 Å². The van der Waals surface area contributed by atoms with Gasteiger partial charge in [-0.05, 0) is 24.7 Å². The van der Waals surface area contributed by atoms with E-state index in [0.29, 0.717) is 0 Å². The molecule has 7 heteroatoms. The molecule has 2 aromatic rings. The van der Waals surface area contributed by atoms with Gasteiger partial charge in [0, 0.05) is 55.6 Å². The van der Waals surface area contributed by atoms with Crippen molar-refractivity contribution < 1.29 is 4.79 Å². The molecule has 0 saturated carbocycles. The average Bonchev–Trinajstić information content (AvgIpc) is 3.03. The molecule has 25 heavy (non-hydrogen) atoms. The highest BCUT2D eigenvalue weighted by molar-refractivity contribution is 7.99. The summed E-state index contributed by atoms with van der Waals surface area (Å²) in [6.45, 7) is 3.19. The van der Waals surface area contributed by atoms with Crippen LogP contribution in [0.3, 0.4) is 0 Å². The molecule has 1 aromatic heterocycles. The summed E-state index contributed by atoms with van der Waals surface area (Å²) in [6.07, 6.45) is 3.57. The predicted molar refractivity (Wildman–Crippen MR) is 103 cm³/mol. The normalized spacial score (nSPS) is 16.6. The summed E-state index contributed by atoms with van der Waals surface area (Å²) in [5, 5.41) is 10.2. The standard InChI is InChI=1S/C18H25N5OS/c1-19-17(15-11-20-22(2)13-15)18(24)21-16-5-3-4-14(10-16)12-23-6-8-25-9-7-23/h3-5,10-11,13,17,19H,6-9,12H2,1-2H3,(H,21,24). The van der Waals surface area contributed by atoms with Crippen LogP contribution in [0.1, 0.15) is 17.2 Å². The Morgan fingerprint density at radius 3 is 2.84 bits per heavy atom. The molecule has 2 N–H and O–H groups in total. The van der Waals surface area contributed by atoms with E-state index in [4.69, 9.17) is 0 Å². The van der Waals surface area contributed by atoms with E-state index in [-0.39, 0.29) is 5.91 Å². The van der Waals surface area contributed by atoms with Crippen molar-refractivity contribution in [1.29, 1.82) is 0 Å². The molecule has 1 saturated heterocycles. The van der Waals surface area contributed by atoms with Crippen molar-refractivity contribution in [1.82, 2.24) is 20.0 Å². The number of nitrogens with zero attached hydrogens (tertiary/aromatic N) is 3. The van der Waals surface area contributed by atoms with Crippen molar-refractivity contribution in [3.05, 3.63) is 47.8 Å². The number of carbonyl (C=O) groups excluding carboxylic acids is 1. The van der Waals surface area contributed by atoms with Gasteiger partial charge in [0.2, 0.25) is 5.91 Å². The molecular weight excluding hydrogens is 334 g/mol. The maximum Gasteiger partial charge on any atom is 0.246 e. The largest absolute Gasteiger partial charge is 0.324 e. The van der Waals surface area contributed by atoms with E-state index < -0.39 is 6.04 Å². The van der Waals surface area contributed by atoms with Gasteiger partial charge in [0.1, 0.15) is 6.04 Å². The SMILES string of the molecule is CNC(C(=O)Nc1cccc(CN2CCSCC2)c1)c1cnn(C)c1. The summed E-state index contributed by atoms with van der Waals surface area (Å²) in [5.74, 6) is 2.32. The first-order valence-corrected chi connectivity index (χ1v) is 9.67. The van der Waals surface area contributed by atoms with E-state index in [1.54, 1.807) is 17.9 Å². The average molecular weight is 359 g/mol. The van der Waals surface area contributed by atoms with E-state index >= 15 is 0 Å². The number of thioether (sulfide) groups is 1. The number of amides is 1. The Hall–Kier alpha value is -1.83. The van der Waals surface area contributed by atoms with Gasteiger partial charge < -0.3 is 10.6 Å². The van der Waals surface area contributed by atoms with E-state index in [1.165, 1.54) is 17.1 Å². The van der Waals surface area contributed by atoms with Crippen LogP contribution in [0, 0.1) is 0 Å². The molecule has 1 atom stereocenters. The van der Waals surface area contributed by atoms with E-state index in [2.05, 4.69) is 32.8 Å². The van der Waals surface area contributed by atoms with Gasteiger partial charge in [-0.25, -0.2) is 0 Å². The second kappa shape index (κ2) is 8.51. The highest BCUT2D eigenvalue weighted by atomic mass is 32.2. The molecule has 2 heterocycles. The molecule has 1 amide bonds. The molecule has 0 bridgehead atoms. The Morgan fingerprint density at radius 2 is 2.16 bits per heavy atom. The number of hydrogen-bond acceptors (Lipinski definition) is 5. The number of carbonyl (C=O) groups is 1. The van der Waals surface area contributed by atoms with Crippen LogP contribution in [0.4, 0.5) is 5.69 Å². The number of likely N-dealkylation sites (N-methyl/N-ethyl adjacent to an activating group) is 1. The summed E-state index contributed by atoms with van der Waals surface area (Å²) in [6, 6.07) is 7.70. The monoisotopic (exact) mass is 359 g/mol. The number of anilines is 1. The molecule has 1 unspecified atom stereocenters. The molecule has 0 radical (unpaired) electrons. The molecule has 1 aliphatic heterocycles. The third-order valence-electron chi connectivity index (χ3n) is 4.31. The number of nitrogens with one attached hydrogen (secondary N) is 2. The Kier molecular flexibility index (Phi) is 6.12. The molecule has 6 nitrogen and oxygen atoms in total. The zero-order chi connectivity index (χ0) is 17.6. The molecule has 1 fully saturated rings. The van der Waals surface area contributed by atoms with Crippen LogP contribution >= 0.6 is 11.8 Å². The van der Waals surface area contributed by atoms with Crippen molar-refractivity contribution in [3.8, 4) is 0 Å². The lowest BCUT2D eigenvalue weighted by Gasteiger charge is -2.26. The molecule has 0 spiro atoms. The second-order valence-corrected chi connectivity index (χ2v) is 7.47. The van der Waals surface area contributed by atoms with Gasteiger partial charge in [0.15, 0.2) is 0 Å². The molecule has 1 aliphatic rings. The summed E-state index contributed by atoms with van der Waals surface area (Å²) < 4.78 is 1.70. The summed E-state index contributed by atoms with van der Waals surface area (Å²) in [4.78, 5) is 15.1. The van der Waals surface area contributed by atoms with E-state index in [1.807, 2.05) is 37.1 Å². The number of hydrogen-bond donors (Lipinski definition) is 2. The Morgan fingerprint density at radius 1 is 1.36 bits per heavy atom. The zero-order valence-electron chi connectivity index (χ0n) is 14.7. The van der Waals surface area contributed by atoms with Crippen LogP contribution in [0.2, 0.25) is 0 Å². The van der Waals surface area contributed by atoms with Crippen LogP contribution in [-0.2, 0) is 18.4 Å². The minimum Gasteiger partial charge on any atom is -0.324 e. The lowest BCUT2D eigenvalue weighted by Crippen LogP contribution is -2.32. The molecule has 1 aromatic carbocycles. The molecule has 0 aliphatic carbocycles. The van der Waals surface area contributed by atoms with Gasteiger partial charge in [-0.1, -0.05) is 12.1 Å². The quantitative estimate of drug-likeness (QED) is 0.824. The first kappa shape index (κ1) is 18.0. The van der Waals surface area contributed by atoms with Gasteiger partial charge in [-0.15, -0.1) is 0 Å². The third kappa shape index (κ3) is 4.84. The minimum atomic E-state index is -0.420.